The second kappa shape index (κ2) is 4.69. The summed E-state index contributed by atoms with van der Waals surface area (Å²) in [7, 11) is 1.65. The van der Waals surface area contributed by atoms with E-state index in [2.05, 4.69) is 5.10 Å². The van der Waals surface area contributed by atoms with E-state index >= 15 is 0 Å². The zero-order chi connectivity index (χ0) is 12.3. The van der Waals surface area contributed by atoms with Gasteiger partial charge >= 0.3 is 6.09 Å². The van der Waals surface area contributed by atoms with Crippen LogP contribution in [0.2, 0.25) is 0 Å². The molecule has 0 saturated heterocycles. The maximum absolute atomic E-state index is 11.8. The second-order valence-corrected chi connectivity index (χ2v) is 3.61. The molecule has 0 fully saturated rings. The molecule has 0 atom stereocenters. The van der Waals surface area contributed by atoms with Crippen LogP contribution in [0.1, 0.15) is 5.69 Å². The van der Waals surface area contributed by atoms with Crippen LogP contribution in [0.25, 0.3) is 0 Å². The molecule has 2 rings (SSSR count). The molecule has 0 aliphatic rings. The van der Waals surface area contributed by atoms with E-state index in [1.165, 1.54) is 4.90 Å². The summed E-state index contributed by atoms with van der Waals surface area (Å²) < 4.78 is 0. The monoisotopic (exact) mass is 231 g/mol. The van der Waals surface area contributed by atoms with E-state index in [0.29, 0.717) is 0 Å². The zero-order valence-corrected chi connectivity index (χ0v) is 9.70. The molecule has 0 aliphatic heterocycles. The van der Waals surface area contributed by atoms with Crippen molar-refractivity contribution in [1.82, 2.24) is 9.94 Å². The minimum Gasteiger partial charge on any atom is -0.299 e. The summed E-state index contributed by atoms with van der Waals surface area (Å²) in [5, 5.41) is 3.97. The van der Waals surface area contributed by atoms with Gasteiger partial charge in [0.05, 0.1) is 11.9 Å². The first-order chi connectivity index (χ1) is 8.16. The Hall–Kier alpha value is -2.30. The molecule has 0 spiro atoms. The average Bonchev–Trinajstić information content (AvgIpc) is 2.75. The van der Waals surface area contributed by atoms with Crippen molar-refractivity contribution in [3.05, 3.63) is 48.3 Å². The maximum atomic E-state index is 11.8. The van der Waals surface area contributed by atoms with Gasteiger partial charge in [-0.25, -0.2) is 4.79 Å². The number of para-hydroxylation sites is 1. The van der Waals surface area contributed by atoms with Gasteiger partial charge in [-0.05, 0) is 25.1 Å². The first-order valence-corrected chi connectivity index (χ1v) is 5.20. The first-order valence-electron chi connectivity index (χ1n) is 5.20. The Morgan fingerprint density at radius 3 is 2.59 bits per heavy atom. The third-order valence-electron chi connectivity index (χ3n) is 2.29. The van der Waals surface area contributed by atoms with Gasteiger partial charge in [0.1, 0.15) is 0 Å². The summed E-state index contributed by atoms with van der Waals surface area (Å²) in [4.78, 5) is 19.4. The van der Waals surface area contributed by atoms with Gasteiger partial charge in [0.15, 0.2) is 0 Å². The lowest BCUT2D eigenvalue weighted by Gasteiger charge is -2.15. The number of nitrogens with zero attached hydrogens (tertiary/aromatic N) is 3. The van der Waals surface area contributed by atoms with Crippen LogP contribution in [0.15, 0.2) is 42.6 Å². The lowest BCUT2D eigenvalue weighted by Crippen LogP contribution is -2.34. The first kappa shape index (κ1) is 11.2. The second-order valence-electron chi connectivity index (χ2n) is 3.61. The molecule has 0 aliphatic carbocycles. The molecule has 0 bridgehead atoms. The predicted octanol–water partition coefficient (Wildman–Crippen LogP) is 1.88. The van der Waals surface area contributed by atoms with Gasteiger partial charge in [0, 0.05) is 12.7 Å². The highest BCUT2D eigenvalue weighted by Crippen LogP contribution is 2.11. The van der Waals surface area contributed by atoms with Crippen molar-refractivity contribution >= 4 is 11.8 Å². The molecule has 88 valence electrons. The van der Waals surface area contributed by atoms with Crippen molar-refractivity contribution in [3.63, 3.8) is 0 Å². The molecule has 2 aromatic rings. The van der Waals surface area contributed by atoms with Gasteiger partial charge in [0.25, 0.3) is 0 Å². The Kier molecular flexibility index (Phi) is 3.09. The summed E-state index contributed by atoms with van der Waals surface area (Å²) in [5.41, 5.74) is 1.56. The van der Waals surface area contributed by atoms with E-state index in [4.69, 9.17) is 4.84 Å². The predicted molar refractivity (Wildman–Crippen MR) is 63.8 cm³/mol. The van der Waals surface area contributed by atoms with Crippen LogP contribution >= 0.6 is 0 Å². The highest BCUT2D eigenvalue weighted by atomic mass is 16.7. The highest BCUT2D eigenvalue weighted by Gasteiger charge is 2.13. The topological polar surface area (TPSA) is 47.4 Å². The third-order valence-corrected chi connectivity index (χ3v) is 2.29. The highest BCUT2D eigenvalue weighted by molar-refractivity contribution is 5.86. The Bertz CT molecular complexity index is 507. The van der Waals surface area contributed by atoms with Crippen LogP contribution in [0.4, 0.5) is 10.5 Å². The fourth-order valence-corrected chi connectivity index (χ4v) is 1.34. The number of benzene rings is 1. The molecule has 1 aromatic carbocycles. The number of carbonyl (C=O) groups excluding carboxylic acids is 1. The summed E-state index contributed by atoms with van der Waals surface area (Å²) >= 11 is 0. The van der Waals surface area contributed by atoms with E-state index in [-0.39, 0.29) is 0 Å². The standard InChI is InChI=1S/C12H13N3O2/c1-10-8-9-15(13-10)17-12(16)14(2)11-6-4-3-5-7-11/h3-9H,1-2H3. The van der Waals surface area contributed by atoms with Gasteiger partial charge in [-0.1, -0.05) is 23.0 Å². The molecule has 5 nitrogen and oxygen atoms in total. The molecule has 1 amide bonds. The largest absolute Gasteiger partial charge is 0.440 e. The average molecular weight is 231 g/mol. The van der Waals surface area contributed by atoms with E-state index in [1.54, 1.807) is 19.3 Å². The number of aryl methyl sites for hydroxylation is 1. The Morgan fingerprint density at radius 1 is 1.29 bits per heavy atom. The Morgan fingerprint density at radius 2 is 2.00 bits per heavy atom. The van der Waals surface area contributed by atoms with Gasteiger partial charge < -0.3 is 0 Å². The molecule has 1 heterocycles. The summed E-state index contributed by atoms with van der Waals surface area (Å²) in [6.07, 6.45) is 1.10. The molecule has 0 saturated carbocycles. The smallest absolute Gasteiger partial charge is 0.299 e. The summed E-state index contributed by atoms with van der Waals surface area (Å²) in [6, 6.07) is 11.0. The zero-order valence-electron chi connectivity index (χ0n) is 9.70. The molecule has 17 heavy (non-hydrogen) atoms. The van der Waals surface area contributed by atoms with Gasteiger partial charge in [0.2, 0.25) is 0 Å². The van der Waals surface area contributed by atoms with E-state index in [9.17, 15) is 4.79 Å². The van der Waals surface area contributed by atoms with Crippen molar-refractivity contribution < 1.29 is 9.63 Å². The van der Waals surface area contributed by atoms with Crippen molar-refractivity contribution in [3.8, 4) is 0 Å². The number of amides is 1. The van der Waals surface area contributed by atoms with Crippen molar-refractivity contribution in [2.45, 2.75) is 6.92 Å². The number of aromatic nitrogens is 2. The van der Waals surface area contributed by atoms with Crippen LogP contribution in [0.3, 0.4) is 0 Å². The minimum absolute atomic E-state index is 0.487. The van der Waals surface area contributed by atoms with Gasteiger partial charge in [-0.3, -0.25) is 9.74 Å². The van der Waals surface area contributed by atoms with E-state index < -0.39 is 6.09 Å². The molecular weight excluding hydrogens is 218 g/mol. The molecule has 0 N–H and O–H groups in total. The van der Waals surface area contributed by atoms with Gasteiger partial charge in [-0.15, -0.1) is 5.10 Å². The fraction of sp³-hybridized carbons (Fsp3) is 0.167. The lowest BCUT2D eigenvalue weighted by atomic mass is 10.3. The van der Waals surface area contributed by atoms with Crippen LogP contribution in [-0.2, 0) is 0 Å². The van der Waals surface area contributed by atoms with Crippen LogP contribution in [0, 0.1) is 6.92 Å². The number of hydrogen-bond donors (Lipinski definition) is 0. The van der Waals surface area contributed by atoms with Gasteiger partial charge in [-0.2, -0.15) is 0 Å². The summed E-state index contributed by atoms with van der Waals surface area (Å²) in [5.74, 6) is 0. The summed E-state index contributed by atoms with van der Waals surface area (Å²) in [6.45, 7) is 1.82. The van der Waals surface area contributed by atoms with E-state index in [0.717, 1.165) is 16.2 Å². The number of hydrogen-bond acceptors (Lipinski definition) is 3. The SMILES string of the molecule is Cc1ccn(OC(=O)N(C)c2ccccc2)n1. The quantitative estimate of drug-likeness (QED) is 0.792. The number of carbonyl (C=O) groups is 1. The maximum Gasteiger partial charge on any atom is 0.440 e. The van der Waals surface area contributed by atoms with Crippen molar-refractivity contribution in [2.24, 2.45) is 0 Å². The lowest BCUT2D eigenvalue weighted by molar-refractivity contribution is 0.123. The molecular formula is C12H13N3O2. The van der Waals surface area contributed by atoms with Crippen molar-refractivity contribution in [1.29, 1.82) is 0 Å². The van der Waals surface area contributed by atoms with Crippen LogP contribution in [-0.4, -0.2) is 23.1 Å². The Labute approximate surface area is 99.2 Å². The number of anilines is 1. The van der Waals surface area contributed by atoms with Crippen LogP contribution < -0.4 is 9.74 Å². The molecule has 5 heteroatoms. The minimum atomic E-state index is -0.487. The van der Waals surface area contributed by atoms with Crippen LogP contribution in [0.5, 0.6) is 0 Å². The molecule has 1 aromatic heterocycles. The van der Waals surface area contributed by atoms with Crippen molar-refractivity contribution in [2.75, 3.05) is 11.9 Å². The molecule has 0 unspecified atom stereocenters. The Balaban J connectivity index is 2.06. The normalized spacial score (nSPS) is 10.0. The number of rotatable bonds is 2. The van der Waals surface area contributed by atoms with E-state index in [1.807, 2.05) is 37.3 Å². The third kappa shape index (κ3) is 2.63. The fourth-order valence-electron chi connectivity index (χ4n) is 1.34. The molecule has 0 radical (unpaired) electrons.